The van der Waals surface area contributed by atoms with Gasteiger partial charge in [0.1, 0.15) is 0 Å². The maximum absolute atomic E-state index is 6.80. The molecule has 285 valence electrons. The van der Waals surface area contributed by atoms with Gasteiger partial charge in [-0.2, -0.15) is 0 Å². The van der Waals surface area contributed by atoms with Gasteiger partial charge in [0.15, 0.2) is 0 Å². The van der Waals surface area contributed by atoms with Crippen molar-refractivity contribution in [2.75, 3.05) is 0 Å². The van der Waals surface area contributed by atoms with Crippen molar-refractivity contribution in [1.82, 2.24) is 4.98 Å². The molecule has 0 unspecified atom stereocenters. The molecule has 2 aromatic carbocycles. The maximum Gasteiger partial charge on any atom is 3.00 e. The fourth-order valence-corrected chi connectivity index (χ4v) is 10.0. The van der Waals surface area contributed by atoms with E-state index < -0.39 is 0 Å². The van der Waals surface area contributed by atoms with Gasteiger partial charge >= 0.3 is 40.8 Å². The minimum atomic E-state index is 0. The number of pyridine rings is 1. The van der Waals surface area contributed by atoms with Crippen LogP contribution in [0.2, 0.25) is 5.02 Å². The molecule has 0 aliphatic heterocycles. The molecule has 4 saturated carbocycles. The van der Waals surface area contributed by atoms with Crippen LogP contribution >= 0.6 is 11.6 Å². The normalized spacial score (nSPS) is 19.3. The average molecular weight is 927 g/mol. The van der Waals surface area contributed by atoms with Crippen molar-refractivity contribution in [2.45, 2.75) is 166 Å². The Morgan fingerprint density at radius 3 is 1.00 bits per heavy atom. The number of aliphatic imine (C=N–C) groups is 2. The SMILES string of the molecule is Cc1cc(C2CCCCC2)c(N=Cc2cc(Cl)cc(C=Nc3c(C4CCCCC4)cc(C)cc3C3CCCCC3)n2)c(C2CCCCC2)c1.[Cl-].[Cl-].[Cl-].[Nd+3]. The summed E-state index contributed by atoms with van der Waals surface area (Å²) in [5, 5.41) is 0.686. The fraction of sp³-hybridized carbons (Fsp3) is 0.578. The molecular weight excluding hydrogens is 869 g/mol. The van der Waals surface area contributed by atoms with Crippen molar-refractivity contribution in [1.29, 1.82) is 0 Å². The summed E-state index contributed by atoms with van der Waals surface area (Å²) in [7, 11) is 0. The van der Waals surface area contributed by atoms with E-state index in [2.05, 4.69) is 38.1 Å². The zero-order chi connectivity index (χ0) is 33.6. The smallest absolute Gasteiger partial charge is 1.00 e. The van der Waals surface area contributed by atoms with E-state index in [0.29, 0.717) is 28.7 Å². The second-order valence-electron chi connectivity index (χ2n) is 16.1. The molecule has 3 aromatic rings. The topological polar surface area (TPSA) is 37.6 Å². The Labute approximate surface area is 377 Å². The summed E-state index contributed by atoms with van der Waals surface area (Å²) in [6, 6.07) is 13.7. The van der Waals surface area contributed by atoms with Crippen LogP contribution in [0.4, 0.5) is 11.4 Å². The minimum absolute atomic E-state index is 0. The largest absolute Gasteiger partial charge is 3.00 e. The van der Waals surface area contributed by atoms with Gasteiger partial charge in [-0.25, -0.2) is 4.98 Å². The molecule has 4 aliphatic carbocycles. The number of aromatic nitrogens is 1. The van der Waals surface area contributed by atoms with Gasteiger partial charge < -0.3 is 37.2 Å². The summed E-state index contributed by atoms with van der Waals surface area (Å²) in [5.41, 5.74) is 12.7. The van der Waals surface area contributed by atoms with Gasteiger partial charge in [0.05, 0.1) is 35.2 Å². The first kappa shape index (κ1) is 46.8. The summed E-state index contributed by atoms with van der Waals surface area (Å²) in [4.78, 5) is 15.8. The van der Waals surface area contributed by atoms with E-state index in [1.54, 1.807) is 0 Å². The number of rotatable bonds is 8. The molecule has 53 heavy (non-hydrogen) atoms. The molecule has 3 nitrogen and oxygen atoms in total. The molecule has 0 atom stereocenters. The maximum atomic E-state index is 6.80. The molecule has 0 bridgehead atoms. The van der Waals surface area contributed by atoms with Crippen LogP contribution in [0.5, 0.6) is 0 Å². The number of aryl methyl sites for hydroxylation is 2. The van der Waals surface area contributed by atoms with Crippen molar-refractivity contribution in [3.8, 4) is 0 Å². The van der Waals surface area contributed by atoms with E-state index in [4.69, 9.17) is 26.6 Å². The van der Waals surface area contributed by atoms with Gasteiger partial charge in [0, 0.05) is 5.02 Å². The van der Waals surface area contributed by atoms with E-state index >= 15 is 0 Å². The van der Waals surface area contributed by atoms with Crippen molar-refractivity contribution in [3.05, 3.63) is 86.2 Å². The van der Waals surface area contributed by atoms with E-state index in [0.717, 1.165) is 11.4 Å². The summed E-state index contributed by atoms with van der Waals surface area (Å²) in [5.74, 6) is 2.41. The number of nitrogens with zero attached hydrogens (tertiary/aromatic N) is 3. The van der Waals surface area contributed by atoms with Crippen LogP contribution in [0.1, 0.15) is 197 Å². The van der Waals surface area contributed by atoms with Crippen LogP contribution in [-0.2, 0) is 0 Å². The number of hydrogen-bond acceptors (Lipinski definition) is 3. The van der Waals surface area contributed by atoms with Crippen LogP contribution in [-0.4, -0.2) is 17.4 Å². The molecule has 4 aliphatic rings. The fourth-order valence-electron chi connectivity index (χ4n) is 9.80. The predicted octanol–water partition coefficient (Wildman–Crippen LogP) is 5.06. The van der Waals surface area contributed by atoms with Crippen molar-refractivity contribution >= 4 is 35.4 Å². The summed E-state index contributed by atoms with van der Waals surface area (Å²) in [6.07, 6.45) is 30.2. The monoisotopic (exact) mass is 922 g/mol. The third-order valence-electron chi connectivity index (χ3n) is 12.3. The van der Waals surface area contributed by atoms with Gasteiger partial charge in [0.25, 0.3) is 0 Å². The first-order valence-corrected chi connectivity index (χ1v) is 20.4. The van der Waals surface area contributed by atoms with Crippen LogP contribution in [0.15, 0.2) is 46.4 Å². The molecular formula is C45H58Cl4N3Nd. The second-order valence-corrected chi connectivity index (χ2v) is 16.5. The molecule has 0 spiro atoms. The van der Waals surface area contributed by atoms with Crippen LogP contribution in [0.25, 0.3) is 0 Å². The molecule has 0 N–H and O–H groups in total. The van der Waals surface area contributed by atoms with Crippen molar-refractivity contribution in [2.24, 2.45) is 9.98 Å². The van der Waals surface area contributed by atoms with Crippen LogP contribution in [0.3, 0.4) is 0 Å². The standard InChI is InChI=1S/C45H58ClN3.3ClH.Nd/c1-31-23-40(33-15-7-3-8-16-33)44(41(24-31)34-17-9-4-10-18-34)47-29-38-27-37(46)28-39(49-38)30-48-45-42(35-19-11-5-12-20-35)25-32(2)26-43(45)36-21-13-6-14-22-36;;;;/h23-30,33-36H,3-22H2,1-2H3;3*1H;/q;;;;+3/p-3. The summed E-state index contributed by atoms with van der Waals surface area (Å²) in [6.45, 7) is 4.56. The molecule has 0 saturated heterocycles. The zero-order valence-corrected chi connectivity index (χ0v) is 38.2. The summed E-state index contributed by atoms with van der Waals surface area (Å²) >= 11 is 6.80. The zero-order valence-electron chi connectivity index (χ0n) is 31.9. The van der Waals surface area contributed by atoms with Crippen molar-refractivity contribution in [3.63, 3.8) is 0 Å². The first-order chi connectivity index (χ1) is 24.0. The summed E-state index contributed by atoms with van der Waals surface area (Å²) < 4.78 is 0. The molecule has 1 radical (unpaired) electrons. The van der Waals surface area contributed by atoms with Gasteiger partial charge in [-0.1, -0.05) is 124 Å². The number of hydrogen-bond donors (Lipinski definition) is 0. The van der Waals surface area contributed by atoms with E-state index in [1.807, 2.05) is 24.6 Å². The van der Waals surface area contributed by atoms with Gasteiger partial charge in [-0.3, -0.25) is 9.98 Å². The Morgan fingerprint density at radius 1 is 0.472 bits per heavy atom. The Balaban J connectivity index is 0.00000189. The molecule has 8 heteroatoms. The van der Waals surface area contributed by atoms with Gasteiger partial charge in [0.2, 0.25) is 0 Å². The molecule has 7 rings (SSSR count). The Morgan fingerprint density at radius 2 is 0.736 bits per heavy atom. The van der Waals surface area contributed by atoms with E-state index in [9.17, 15) is 0 Å². The van der Waals surface area contributed by atoms with Gasteiger partial charge in [-0.05, 0) is 123 Å². The second kappa shape index (κ2) is 23.0. The van der Waals surface area contributed by atoms with E-state index in [1.165, 1.54) is 173 Å². The predicted molar refractivity (Wildman–Crippen MR) is 209 cm³/mol. The first-order valence-electron chi connectivity index (χ1n) is 20.1. The number of benzene rings is 2. The molecule has 0 amide bonds. The Bertz CT molecular complexity index is 1450. The van der Waals surface area contributed by atoms with Crippen LogP contribution < -0.4 is 37.2 Å². The molecule has 4 fully saturated rings. The van der Waals surface area contributed by atoms with E-state index in [-0.39, 0.29) is 78.1 Å². The van der Waals surface area contributed by atoms with Gasteiger partial charge in [-0.15, -0.1) is 0 Å². The van der Waals surface area contributed by atoms with Crippen LogP contribution in [0, 0.1) is 54.7 Å². The molecule has 1 heterocycles. The third-order valence-corrected chi connectivity index (χ3v) is 12.5. The Kier molecular flexibility index (Phi) is 20.3. The average Bonchev–Trinajstić information content (AvgIpc) is 3.14. The number of halogens is 4. The third kappa shape index (κ3) is 12.2. The molecule has 1 aromatic heterocycles. The van der Waals surface area contributed by atoms with Crippen molar-refractivity contribution < 1.29 is 78.1 Å². The quantitative estimate of drug-likeness (QED) is 0.292. The Hall–Kier alpha value is -0.559. The minimum Gasteiger partial charge on any atom is -1.00 e.